The van der Waals surface area contributed by atoms with E-state index in [4.69, 9.17) is 0 Å². The maximum Gasteiger partial charge on any atom is 0.205 e. The van der Waals surface area contributed by atoms with Crippen molar-refractivity contribution in [2.75, 3.05) is 0 Å². The van der Waals surface area contributed by atoms with E-state index in [-0.39, 0.29) is 5.78 Å². The maximum absolute atomic E-state index is 11.5. The molecule has 0 aliphatic heterocycles. The van der Waals surface area contributed by atoms with Crippen LogP contribution in [-0.2, 0) is 4.79 Å². The number of carbonyl (C=O) groups is 1. The van der Waals surface area contributed by atoms with Crippen molar-refractivity contribution < 1.29 is 4.79 Å². The Bertz CT molecular complexity index is 280. The quantitative estimate of drug-likeness (QED) is 0.246. The van der Waals surface area contributed by atoms with E-state index in [0.717, 1.165) is 25.2 Å². The van der Waals surface area contributed by atoms with Crippen molar-refractivity contribution >= 4 is 5.78 Å². The van der Waals surface area contributed by atoms with Crippen LogP contribution in [0.5, 0.6) is 0 Å². The summed E-state index contributed by atoms with van der Waals surface area (Å²) in [5.74, 6) is 6.74. The number of rotatable bonds is 12. The molecule has 0 aromatic rings. The second-order valence-electron chi connectivity index (χ2n) is 6.24. The molecule has 0 bridgehead atoms. The predicted molar refractivity (Wildman–Crippen MR) is 88.7 cm³/mol. The van der Waals surface area contributed by atoms with Gasteiger partial charge in [-0.1, -0.05) is 78.1 Å². The average molecular weight is 278 g/mol. The highest BCUT2D eigenvalue weighted by Gasteiger charge is 1.97. The van der Waals surface area contributed by atoms with Gasteiger partial charge in [-0.3, -0.25) is 4.79 Å². The molecule has 0 saturated heterocycles. The molecular formula is C19H34O. The molecule has 0 saturated carbocycles. The van der Waals surface area contributed by atoms with Crippen LogP contribution in [0.25, 0.3) is 0 Å². The predicted octanol–water partition coefficient (Wildman–Crippen LogP) is 5.92. The Morgan fingerprint density at radius 1 is 0.900 bits per heavy atom. The number of unbranched alkanes of at least 4 members (excludes halogenated alkanes) is 8. The molecule has 0 atom stereocenters. The van der Waals surface area contributed by atoms with Crippen LogP contribution >= 0.6 is 0 Å². The molecule has 0 fully saturated rings. The van der Waals surface area contributed by atoms with Gasteiger partial charge in [-0.25, -0.2) is 0 Å². The summed E-state index contributed by atoms with van der Waals surface area (Å²) in [4.78, 5) is 11.5. The summed E-state index contributed by atoms with van der Waals surface area (Å²) < 4.78 is 0. The molecule has 0 aromatic carbocycles. The topological polar surface area (TPSA) is 17.1 Å². The molecule has 0 spiro atoms. The van der Waals surface area contributed by atoms with Crippen LogP contribution in [0, 0.1) is 17.8 Å². The Labute approximate surface area is 126 Å². The summed E-state index contributed by atoms with van der Waals surface area (Å²) in [6, 6.07) is 0. The zero-order valence-electron chi connectivity index (χ0n) is 14.0. The maximum atomic E-state index is 11.5. The van der Waals surface area contributed by atoms with Crippen molar-refractivity contribution in [3.05, 3.63) is 0 Å². The Hall–Kier alpha value is -0.770. The van der Waals surface area contributed by atoms with Crippen molar-refractivity contribution in [2.45, 2.75) is 97.8 Å². The van der Waals surface area contributed by atoms with E-state index in [9.17, 15) is 4.79 Å². The Morgan fingerprint density at radius 2 is 1.55 bits per heavy atom. The second-order valence-corrected chi connectivity index (χ2v) is 6.24. The summed E-state index contributed by atoms with van der Waals surface area (Å²) in [6.45, 7) is 6.73. The average Bonchev–Trinajstić information content (AvgIpc) is 2.41. The SMILES string of the molecule is CCCCCCCCCC(=O)C#CCCCCC(C)C. The van der Waals surface area contributed by atoms with E-state index in [0.29, 0.717) is 6.42 Å². The lowest BCUT2D eigenvalue weighted by atomic mass is 10.1. The molecule has 116 valence electrons. The Balaban J connectivity index is 3.36. The molecule has 0 heterocycles. The first-order valence-corrected chi connectivity index (χ1v) is 8.68. The van der Waals surface area contributed by atoms with Crippen LogP contribution in [0.4, 0.5) is 0 Å². The normalized spacial score (nSPS) is 10.4. The third kappa shape index (κ3) is 15.3. The van der Waals surface area contributed by atoms with E-state index >= 15 is 0 Å². The lowest BCUT2D eigenvalue weighted by Crippen LogP contribution is -1.93. The van der Waals surface area contributed by atoms with Gasteiger partial charge in [0.1, 0.15) is 0 Å². The van der Waals surface area contributed by atoms with Crippen LogP contribution in [0.2, 0.25) is 0 Å². The highest BCUT2D eigenvalue weighted by Crippen LogP contribution is 2.09. The molecule has 1 heteroatoms. The summed E-state index contributed by atoms with van der Waals surface area (Å²) in [6.07, 6.45) is 14.0. The van der Waals surface area contributed by atoms with E-state index in [1.54, 1.807) is 0 Å². The van der Waals surface area contributed by atoms with Crippen molar-refractivity contribution in [1.82, 2.24) is 0 Å². The molecule has 0 rings (SSSR count). The van der Waals surface area contributed by atoms with E-state index in [1.165, 1.54) is 51.4 Å². The lowest BCUT2D eigenvalue weighted by molar-refractivity contribution is -0.113. The smallest absolute Gasteiger partial charge is 0.205 e. The highest BCUT2D eigenvalue weighted by molar-refractivity contribution is 5.95. The summed E-state index contributed by atoms with van der Waals surface area (Å²) in [5, 5.41) is 0. The third-order valence-corrected chi connectivity index (χ3v) is 3.57. The standard InChI is InChI=1S/C19H34O/c1-4-5-6-7-8-9-13-16-19(20)17-14-11-10-12-15-18(2)3/h18H,4-13,15-16H2,1-3H3. The van der Waals surface area contributed by atoms with Gasteiger partial charge in [0, 0.05) is 12.8 Å². The van der Waals surface area contributed by atoms with Gasteiger partial charge in [-0.2, -0.15) is 0 Å². The first-order chi connectivity index (χ1) is 9.66. The van der Waals surface area contributed by atoms with Crippen LogP contribution in [0.1, 0.15) is 97.8 Å². The minimum Gasteiger partial charge on any atom is -0.285 e. The molecule has 1 nitrogen and oxygen atoms in total. The fourth-order valence-electron chi connectivity index (χ4n) is 2.23. The molecule has 0 unspecified atom stereocenters. The number of hydrogen-bond donors (Lipinski definition) is 0. The van der Waals surface area contributed by atoms with E-state index in [2.05, 4.69) is 32.6 Å². The van der Waals surface area contributed by atoms with Crippen molar-refractivity contribution in [2.24, 2.45) is 5.92 Å². The van der Waals surface area contributed by atoms with Crippen molar-refractivity contribution in [1.29, 1.82) is 0 Å². The fourth-order valence-corrected chi connectivity index (χ4v) is 2.23. The number of ketones is 1. The summed E-state index contributed by atoms with van der Waals surface area (Å²) in [5.41, 5.74) is 0. The Kier molecular flexibility index (Phi) is 14.1. The van der Waals surface area contributed by atoms with Crippen LogP contribution < -0.4 is 0 Å². The zero-order chi connectivity index (χ0) is 15.1. The number of hydrogen-bond acceptors (Lipinski definition) is 1. The monoisotopic (exact) mass is 278 g/mol. The number of Topliss-reactive ketones (excluding diaryl/α,β-unsaturated/α-hetero) is 1. The van der Waals surface area contributed by atoms with E-state index < -0.39 is 0 Å². The lowest BCUT2D eigenvalue weighted by Gasteiger charge is -2.00. The van der Waals surface area contributed by atoms with Crippen LogP contribution in [-0.4, -0.2) is 5.78 Å². The minimum atomic E-state index is 0.141. The van der Waals surface area contributed by atoms with Gasteiger partial charge in [-0.15, -0.1) is 0 Å². The highest BCUT2D eigenvalue weighted by atomic mass is 16.1. The third-order valence-electron chi connectivity index (χ3n) is 3.57. The molecule has 0 amide bonds. The van der Waals surface area contributed by atoms with Gasteiger partial charge in [0.15, 0.2) is 0 Å². The van der Waals surface area contributed by atoms with Crippen molar-refractivity contribution in [3.63, 3.8) is 0 Å². The summed E-state index contributed by atoms with van der Waals surface area (Å²) in [7, 11) is 0. The molecule has 0 aliphatic rings. The minimum absolute atomic E-state index is 0.141. The second kappa shape index (κ2) is 14.6. The largest absolute Gasteiger partial charge is 0.285 e. The zero-order valence-corrected chi connectivity index (χ0v) is 14.0. The van der Waals surface area contributed by atoms with Crippen molar-refractivity contribution in [3.8, 4) is 11.8 Å². The molecule has 0 aromatic heterocycles. The molecule has 20 heavy (non-hydrogen) atoms. The molecular weight excluding hydrogens is 244 g/mol. The first-order valence-electron chi connectivity index (χ1n) is 8.68. The van der Waals surface area contributed by atoms with Crippen LogP contribution in [0.15, 0.2) is 0 Å². The van der Waals surface area contributed by atoms with Crippen LogP contribution in [0.3, 0.4) is 0 Å². The van der Waals surface area contributed by atoms with Gasteiger partial charge >= 0.3 is 0 Å². The molecule has 0 radical (unpaired) electrons. The van der Waals surface area contributed by atoms with E-state index in [1.807, 2.05) is 0 Å². The number of carbonyl (C=O) groups excluding carboxylic acids is 1. The van der Waals surface area contributed by atoms with Gasteiger partial charge in [0.05, 0.1) is 0 Å². The Morgan fingerprint density at radius 3 is 2.20 bits per heavy atom. The summed E-state index contributed by atoms with van der Waals surface area (Å²) >= 11 is 0. The van der Waals surface area contributed by atoms with Gasteiger partial charge in [0.25, 0.3) is 0 Å². The van der Waals surface area contributed by atoms with Gasteiger partial charge in [-0.05, 0) is 24.7 Å². The fraction of sp³-hybridized carbons (Fsp3) is 0.842. The molecule has 0 N–H and O–H groups in total. The van der Waals surface area contributed by atoms with Gasteiger partial charge in [0.2, 0.25) is 5.78 Å². The molecule has 0 aliphatic carbocycles. The van der Waals surface area contributed by atoms with Gasteiger partial charge < -0.3 is 0 Å². The first kappa shape index (κ1) is 19.2.